The molecule has 2 aromatic rings. The van der Waals surface area contributed by atoms with Gasteiger partial charge in [-0.15, -0.1) is 0 Å². The highest BCUT2D eigenvalue weighted by atomic mass is 16.5. The molecule has 1 saturated heterocycles. The summed E-state index contributed by atoms with van der Waals surface area (Å²) >= 11 is 0. The Hall–Kier alpha value is -2.63. The molecule has 5 heteroatoms. The molecule has 7 atom stereocenters. The molecular weight excluding hydrogens is 472 g/mol. The van der Waals surface area contributed by atoms with Gasteiger partial charge in [-0.25, -0.2) is 0 Å². The Kier molecular flexibility index (Phi) is 5.93. The highest BCUT2D eigenvalue weighted by Crippen LogP contribution is 2.63. The molecule has 2 bridgehead atoms. The van der Waals surface area contributed by atoms with E-state index in [9.17, 15) is 9.90 Å². The molecular formula is C33H40N2O3. The molecule has 5 aliphatic rings. The minimum absolute atomic E-state index is 0.00157. The van der Waals surface area contributed by atoms with Crippen LogP contribution >= 0.6 is 0 Å². The van der Waals surface area contributed by atoms with Crippen LogP contribution < -0.4 is 4.74 Å². The molecule has 38 heavy (non-hydrogen) atoms. The number of piperidine rings is 1. The van der Waals surface area contributed by atoms with Gasteiger partial charge in [0, 0.05) is 42.1 Å². The summed E-state index contributed by atoms with van der Waals surface area (Å²) in [7, 11) is 0. The van der Waals surface area contributed by atoms with Gasteiger partial charge >= 0.3 is 0 Å². The van der Waals surface area contributed by atoms with Crippen LogP contribution in [0.2, 0.25) is 0 Å². The van der Waals surface area contributed by atoms with Gasteiger partial charge in [0.1, 0.15) is 11.9 Å². The van der Waals surface area contributed by atoms with Gasteiger partial charge in [0.05, 0.1) is 12.1 Å². The largest absolute Gasteiger partial charge is 0.487 e. The molecule has 0 radical (unpaired) electrons. The number of benzene rings is 2. The number of carbonyl (C=O) groups excluding carboxylic acids is 1. The van der Waals surface area contributed by atoms with Crippen molar-refractivity contribution in [1.82, 2.24) is 9.80 Å². The zero-order valence-electron chi connectivity index (χ0n) is 22.6. The normalized spacial score (nSPS) is 34.7. The predicted octanol–water partition coefficient (Wildman–Crippen LogP) is 4.67. The monoisotopic (exact) mass is 512 g/mol. The number of hydrogen-bond donors (Lipinski definition) is 1. The van der Waals surface area contributed by atoms with E-state index in [-0.39, 0.29) is 29.6 Å². The Balaban J connectivity index is 1.23. The van der Waals surface area contributed by atoms with Crippen LogP contribution in [0.1, 0.15) is 56.2 Å². The Bertz CT molecular complexity index is 1240. The molecule has 2 heterocycles. The molecule has 2 aliphatic heterocycles. The summed E-state index contributed by atoms with van der Waals surface area (Å²) in [6.45, 7) is 7.22. The average Bonchev–Trinajstić information content (AvgIpc) is 3.50. The van der Waals surface area contributed by atoms with Crippen molar-refractivity contribution in [3.05, 3.63) is 71.3 Å². The number of nitrogens with zero attached hydrogens (tertiary/aromatic N) is 2. The van der Waals surface area contributed by atoms with E-state index in [4.69, 9.17) is 4.74 Å². The molecule has 1 spiro atoms. The van der Waals surface area contributed by atoms with Gasteiger partial charge in [-0.2, -0.15) is 0 Å². The topological polar surface area (TPSA) is 53.0 Å². The predicted molar refractivity (Wildman–Crippen MR) is 149 cm³/mol. The highest BCUT2D eigenvalue weighted by molar-refractivity contribution is 5.92. The molecule has 3 fully saturated rings. The van der Waals surface area contributed by atoms with E-state index in [1.54, 1.807) is 6.08 Å². The lowest BCUT2D eigenvalue weighted by atomic mass is 9.51. The first-order chi connectivity index (χ1) is 18.5. The van der Waals surface area contributed by atoms with E-state index in [1.165, 1.54) is 11.1 Å². The number of rotatable bonds is 7. The minimum atomic E-state index is -0.105. The van der Waals surface area contributed by atoms with Crippen molar-refractivity contribution >= 4 is 12.0 Å². The number of hydrogen-bond acceptors (Lipinski definition) is 4. The lowest BCUT2D eigenvalue weighted by molar-refractivity contribution is -0.138. The lowest BCUT2D eigenvalue weighted by Gasteiger charge is -2.60. The van der Waals surface area contributed by atoms with Crippen molar-refractivity contribution in [2.75, 3.05) is 19.6 Å². The van der Waals surface area contributed by atoms with E-state index < -0.39 is 0 Å². The molecule has 7 rings (SSSR count). The maximum atomic E-state index is 13.8. The fraction of sp³-hybridized carbons (Fsp3) is 0.545. The standard InChI is InChI=1S/C33H40N2O3/c1-21(2)19-35(30(37)14-11-22-7-4-3-5-8-22)26-13-12-25-27-17-23-9-6-10-29-31(23)33(25,32(26)38-29)15-16-34(27)20-24-18-28(24)36/h3-11,14,21,24-28,32,36H,12-13,15-20H2,1-2H3/t24?,25-,26+,27+,28?,32-,33-/m0/s1. The van der Waals surface area contributed by atoms with E-state index in [2.05, 4.69) is 41.8 Å². The van der Waals surface area contributed by atoms with E-state index >= 15 is 0 Å². The molecule has 5 nitrogen and oxygen atoms in total. The fourth-order valence-corrected chi connectivity index (χ4v) is 8.45. The molecule has 2 unspecified atom stereocenters. The average molecular weight is 513 g/mol. The number of carbonyl (C=O) groups is 1. The maximum Gasteiger partial charge on any atom is 0.246 e. The summed E-state index contributed by atoms with van der Waals surface area (Å²) < 4.78 is 6.94. The van der Waals surface area contributed by atoms with Crippen LogP contribution in [0, 0.1) is 17.8 Å². The SMILES string of the molecule is CC(C)CN(C(=O)C=Cc1ccccc1)[C@@H]1CC[C@H]2[C@H]3Cc4cccc5c4[C@@]2(CCN3CC2CC2O)[C@H]1O5. The van der Waals surface area contributed by atoms with Crippen molar-refractivity contribution in [2.45, 2.75) is 75.7 Å². The number of amides is 1. The number of ether oxygens (including phenoxy) is 1. The summed E-state index contributed by atoms with van der Waals surface area (Å²) in [6.07, 6.45) is 8.82. The molecule has 1 N–H and O–H groups in total. The Morgan fingerprint density at radius 1 is 1.18 bits per heavy atom. The van der Waals surface area contributed by atoms with Crippen molar-refractivity contribution < 1.29 is 14.6 Å². The van der Waals surface area contributed by atoms with Crippen molar-refractivity contribution in [2.24, 2.45) is 17.8 Å². The third-order valence-electron chi connectivity index (χ3n) is 10.1. The second kappa shape index (κ2) is 9.24. The van der Waals surface area contributed by atoms with Crippen LogP contribution in [0.15, 0.2) is 54.6 Å². The summed E-state index contributed by atoms with van der Waals surface area (Å²) in [5.41, 5.74) is 3.93. The Labute approximate surface area is 226 Å². The summed E-state index contributed by atoms with van der Waals surface area (Å²) in [6, 6.07) is 17.3. The summed E-state index contributed by atoms with van der Waals surface area (Å²) in [5, 5.41) is 10.1. The van der Waals surface area contributed by atoms with E-state index in [1.807, 2.05) is 36.4 Å². The van der Waals surface area contributed by atoms with Crippen LogP contribution in [0.25, 0.3) is 6.08 Å². The van der Waals surface area contributed by atoms with Gasteiger partial charge in [0.2, 0.25) is 5.91 Å². The van der Waals surface area contributed by atoms with Gasteiger partial charge in [-0.3, -0.25) is 9.69 Å². The molecule has 3 aliphatic carbocycles. The first kappa shape index (κ1) is 24.4. The zero-order chi connectivity index (χ0) is 26.0. The van der Waals surface area contributed by atoms with Gasteiger partial charge in [-0.1, -0.05) is 56.3 Å². The first-order valence-corrected chi connectivity index (χ1v) is 14.7. The highest BCUT2D eigenvalue weighted by Gasteiger charge is 2.66. The fourth-order valence-electron chi connectivity index (χ4n) is 8.45. The van der Waals surface area contributed by atoms with Gasteiger partial charge in [0.15, 0.2) is 0 Å². The van der Waals surface area contributed by atoms with Crippen LogP contribution in [-0.4, -0.2) is 64.7 Å². The van der Waals surface area contributed by atoms with Crippen LogP contribution in [0.3, 0.4) is 0 Å². The zero-order valence-corrected chi connectivity index (χ0v) is 22.6. The molecule has 2 aromatic carbocycles. The van der Waals surface area contributed by atoms with Gasteiger partial charge in [-0.05, 0) is 73.8 Å². The van der Waals surface area contributed by atoms with Crippen molar-refractivity contribution in [1.29, 1.82) is 0 Å². The Morgan fingerprint density at radius 3 is 2.76 bits per heavy atom. The lowest BCUT2D eigenvalue weighted by Crippen LogP contribution is -2.69. The summed E-state index contributed by atoms with van der Waals surface area (Å²) in [5.74, 6) is 2.52. The van der Waals surface area contributed by atoms with Crippen molar-refractivity contribution in [3.8, 4) is 5.75 Å². The maximum absolute atomic E-state index is 13.8. The molecule has 0 aromatic heterocycles. The van der Waals surface area contributed by atoms with Crippen LogP contribution in [-0.2, 0) is 16.6 Å². The van der Waals surface area contributed by atoms with E-state index in [0.717, 1.165) is 63.1 Å². The number of likely N-dealkylation sites (tertiary alicyclic amines) is 1. The van der Waals surface area contributed by atoms with Crippen molar-refractivity contribution in [3.63, 3.8) is 0 Å². The van der Waals surface area contributed by atoms with E-state index in [0.29, 0.717) is 23.8 Å². The molecule has 2 saturated carbocycles. The molecule has 1 amide bonds. The number of aliphatic hydroxyl groups excluding tert-OH is 1. The second-order valence-electron chi connectivity index (χ2n) is 12.8. The van der Waals surface area contributed by atoms with Gasteiger partial charge in [0.25, 0.3) is 0 Å². The number of aliphatic hydroxyl groups is 1. The third kappa shape index (κ3) is 3.84. The minimum Gasteiger partial charge on any atom is -0.487 e. The van der Waals surface area contributed by atoms with Crippen LogP contribution in [0.4, 0.5) is 0 Å². The summed E-state index contributed by atoms with van der Waals surface area (Å²) in [4.78, 5) is 18.6. The Morgan fingerprint density at radius 2 is 2.00 bits per heavy atom. The second-order valence-corrected chi connectivity index (χ2v) is 12.8. The van der Waals surface area contributed by atoms with Gasteiger partial charge < -0.3 is 14.7 Å². The molecule has 200 valence electrons. The third-order valence-corrected chi connectivity index (χ3v) is 10.1. The quantitative estimate of drug-likeness (QED) is 0.548. The first-order valence-electron chi connectivity index (χ1n) is 14.7. The van der Waals surface area contributed by atoms with Crippen LogP contribution in [0.5, 0.6) is 5.75 Å². The smallest absolute Gasteiger partial charge is 0.246 e.